The highest BCUT2D eigenvalue weighted by Gasteiger charge is 2.50. The summed E-state index contributed by atoms with van der Waals surface area (Å²) in [5.41, 5.74) is 0.577. The van der Waals surface area contributed by atoms with Crippen molar-refractivity contribution in [1.82, 2.24) is 5.32 Å². The summed E-state index contributed by atoms with van der Waals surface area (Å²) in [6.45, 7) is 5.04. The minimum absolute atomic E-state index is 0.577. The van der Waals surface area contributed by atoms with Crippen molar-refractivity contribution in [2.45, 2.75) is 69.7 Å². The molecule has 4 fully saturated rings. The molecule has 18 heavy (non-hydrogen) atoms. The first kappa shape index (κ1) is 12.7. The zero-order chi connectivity index (χ0) is 12.4. The van der Waals surface area contributed by atoms with E-state index in [2.05, 4.69) is 11.9 Å². The highest BCUT2D eigenvalue weighted by atomic mass is 15.0. The summed E-state index contributed by atoms with van der Waals surface area (Å²) in [5, 5.41) is 3.98. The van der Waals surface area contributed by atoms with Crippen molar-refractivity contribution >= 4 is 0 Å². The van der Waals surface area contributed by atoms with Gasteiger partial charge in [-0.2, -0.15) is 0 Å². The standard InChI is InChI=1S/C17H29N/c1-2-3-4-5-6-7-18-17-11-14-8-15(12-17)10-16(9-14)13-17/h2,14-16,18H,1,3-13H2. The SMILES string of the molecule is C=CCCCCCNC12CC3CC(CC(C3)C1)C2. The summed E-state index contributed by atoms with van der Waals surface area (Å²) in [6.07, 6.45) is 16.4. The fourth-order valence-electron chi connectivity index (χ4n) is 5.27. The monoisotopic (exact) mass is 247 g/mol. The van der Waals surface area contributed by atoms with Gasteiger partial charge in [0.2, 0.25) is 0 Å². The molecule has 1 N–H and O–H groups in total. The number of allylic oxidation sites excluding steroid dienone is 1. The molecular weight excluding hydrogens is 218 g/mol. The molecule has 0 aromatic heterocycles. The molecule has 4 rings (SSSR count). The first-order valence-electron chi connectivity index (χ1n) is 8.15. The molecule has 0 spiro atoms. The lowest BCUT2D eigenvalue weighted by Crippen LogP contribution is -2.58. The zero-order valence-corrected chi connectivity index (χ0v) is 11.8. The predicted molar refractivity (Wildman–Crippen MR) is 77.6 cm³/mol. The molecule has 4 aliphatic carbocycles. The van der Waals surface area contributed by atoms with E-state index >= 15 is 0 Å². The lowest BCUT2D eigenvalue weighted by molar-refractivity contribution is -0.0196. The summed E-state index contributed by atoms with van der Waals surface area (Å²) >= 11 is 0. The van der Waals surface area contributed by atoms with E-state index in [-0.39, 0.29) is 0 Å². The molecule has 0 heterocycles. The molecule has 0 aromatic rings. The Morgan fingerprint density at radius 1 is 0.944 bits per heavy atom. The van der Waals surface area contributed by atoms with Gasteiger partial charge in [-0.25, -0.2) is 0 Å². The third kappa shape index (κ3) is 2.66. The third-order valence-corrected chi connectivity index (χ3v) is 5.62. The zero-order valence-electron chi connectivity index (χ0n) is 11.8. The fraction of sp³-hybridized carbons (Fsp3) is 0.882. The largest absolute Gasteiger partial charge is 0.311 e. The van der Waals surface area contributed by atoms with Crippen molar-refractivity contribution < 1.29 is 0 Å². The van der Waals surface area contributed by atoms with Crippen LogP contribution in [0.4, 0.5) is 0 Å². The first-order chi connectivity index (χ1) is 8.80. The fourth-order valence-corrected chi connectivity index (χ4v) is 5.27. The van der Waals surface area contributed by atoms with E-state index < -0.39 is 0 Å². The van der Waals surface area contributed by atoms with Crippen molar-refractivity contribution in [3.63, 3.8) is 0 Å². The van der Waals surface area contributed by atoms with Gasteiger partial charge in [-0.05, 0) is 82.1 Å². The molecule has 4 saturated carbocycles. The quantitative estimate of drug-likeness (QED) is 0.523. The Bertz CT molecular complexity index is 259. The second-order valence-corrected chi connectivity index (χ2v) is 7.26. The van der Waals surface area contributed by atoms with Gasteiger partial charge in [-0.3, -0.25) is 0 Å². The van der Waals surface area contributed by atoms with Gasteiger partial charge in [0.1, 0.15) is 0 Å². The number of hydrogen-bond donors (Lipinski definition) is 1. The maximum absolute atomic E-state index is 3.98. The summed E-state index contributed by atoms with van der Waals surface area (Å²) in [6, 6.07) is 0. The minimum atomic E-state index is 0.577. The second-order valence-electron chi connectivity index (χ2n) is 7.26. The summed E-state index contributed by atoms with van der Waals surface area (Å²) in [4.78, 5) is 0. The lowest BCUT2D eigenvalue weighted by Gasteiger charge is -2.57. The van der Waals surface area contributed by atoms with Crippen LogP contribution in [0, 0.1) is 17.8 Å². The molecule has 0 unspecified atom stereocenters. The van der Waals surface area contributed by atoms with Gasteiger partial charge >= 0.3 is 0 Å². The highest BCUT2D eigenvalue weighted by Crippen LogP contribution is 2.55. The van der Waals surface area contributed by atoms with E-state index in [0.29, 0.717) is 5.54 Å². The van der Waals surface area contributed by atoms with Crippen LogP contribution < -0.4 is 5.32 Å². The van der Waals surface area contributed by atoms with Crippen LogP contribution in [0.5, 0.6) is 0 Å². The van der Waals surface area contributed by atoms with Gasteiger partial charge in [0, 0.05) is 5.54 Å². The molecule has 0 aromatic carbocycles. The molecule has 0 saturated heterocycles. The molecule has 102 valence electrons. The van der Waals surface area contributed by atoms with E-state index in [1.165, 1.54) is 51.5 Å². The van der Waals surface area contributed by atoms with Crippen LogP contribution in [0.15, 0.2) is 12.7 Å². The summed E-state index contributed by atoms with van der Waals surface area (Å²) in [5.74, 6) is 3.22. The smallest absolute Gasteiger partial charge is 0.0189 e. The lowest BCUT2D eigenvalue weighted by atomic mass is 9.53. The minimum Gasteiger partial charge on any atom is -0.311 e. The Balaban J connectivity index is 1.43. The van der Waals surface area contributed by atoms with E-state index in [4.69, 9.17) is 0 Å². The van der Waals surface area contributed by atoms with Gasteiger partial charge in [0.05, 0.1) is 0 Å². The van der Waals surface area contributed by atoms with E-state index in [1.54, 1.807) is 19.3 Å². The summed E-state index contributed by atoms with van der Waals surface area (Å²) in [7, 11) is 0. The Hall–Kier alpha value is -0.300. The molecular formula is C17H29N. The van der Waals surface area contributed by atoms with Crippen LogP contribution in [0.1, 0.15) is 64.2 Å². The molecule has 0 amide bonds. The highest BCUT2D eigenvalue weighted by molar-refractivity contribution is 5.06. The molecule has 0 radical (unpaired) electrons. The Morgan fingerprint density at radius 2 is 1.56 bits per heavy atom. The Labute approximate surface area is 112 Å². The second kappa shape index (κ2) is 5.36. The maximum Gasteiger partial charge on any atom is 0.0189 e. The molecule has 0 aliphatic heterocycles. The van der Waals surface area contributed by atoms with E-state index in [1.807, 2.05) is 6.08 Å². The average Bonchev–Trinajstić information content (AvgIpc) is 2.32. The number of rotatable bonds is 7. The maximum atomic E-state index is 3.98. The Kier molecular flexibility index (Phi) is 3.79. The number of hydrogen-bond acceptors (Lipinski definition) is 1. The van der Waals surface area contributed by atoms with E-state index in [0.717, 1.165) is 17.8 Å². The van der Waals surface area contributed by atoms with Crippen LogP contribution >= 0.6 is 0 Å². The Morgan fingerprint density at radius 3 is 2.11 bits per heavy atom. The van der Waals surface area contributed by atoms with Crippen molar-refractivity contribution in [3.05, 3.63) is 12.7 Å². The van der Waals surface area contributed by atoms with Crippen molar-refractivity contribution in [2.24, 2.45) is 17.8 Å². The predicted octanol–water partition coefficient (Wildman–Crippen LogP) is 4.29. The number of nitrogens with one attached hydrogen (secondary N) is 1. The van der Waals surface area contributed by atoms with Crippen LogP contribution in [-0.2, 0) is 0 Å². The van der Waals surface area contributed by atoms with Crippen molar-refractivity contribution in [1.29, 1.82) is 0 Å². The van der Waals surface area contributed by atoms with Crippen LogP contribution in [0.3, 0.4) is 0 Å². The molecule has 0 atom stereocenters. The van der Waals surface area contributed by atoms with Crippen molar-refractivity contribution in [2.75, 3.05) is 6.54 Å². The summed E-state index contributed by atoms with van der Waals surface area (Å²) < 4.78 is 0. The van der Waals surface area contributed by atoms with E-state index in [9.17, 15) is 0 Å². The van der Waals surface area contributed by atoms with Gasteiger partial charge in [-0.15, -0.1) is 6.58 Å². The average molecular weight is 247 g/mol. The topological polar surface area (TPSA) is 12.0 Å². The van der Waals surface area contributed by atoms with Crippen LogP contribution in [0.2, 0.25) is 0 Å². The third-order valence-electron chi connectivity index (χ3n) is 5.62. The molecule has 1 heteroatoms. The first-order valence-corrected chi connectivity index (χ1v) is 8.15. The van der Waals surface area contributed by atoms with Crippen molar-refractivity contribution in [3.8, 4) is 0 Å². The molecule has 4 bridgehead atoms. The van der Waals surface area contributed by atoms with Gasteiger partial charge in [0.25, 0.3) is 0 Å². The molecule has 4 aliphatic rings. The van der Waals surface area contributed by atoms with Crippen LogP contribution in [0.25, 0.3) is 0 Å². The van der Waals surface area contributed by atoms with Gasteiger partial charge in [-0.1, -0.05) is 12.5 Å². The number of unbranched alkanes of at least 4 members (excludes halogenated alkanes) is 3. The van der Waals surface area contributed by atoms with Crippen LogP contribution in [-0.4, -0.2) is 12.1 Å². The molecule has 1 nitrogen and oxygen atoms in total. The van der Waals surface area contributed by atoms with Gasteiger partial charge in [0.15, 0.2) is 0 Å². The normalized spacial score (nSPS) is 41.2. The van der Waals surface area contributed by atoms with Gasteiger partial charge < -0.3 is 5.32 Å².